The molecule has 112 valence electrons. The van der Waals surface area contributed by atoms with Crippen LogP contribution in [0.1, 0.15) is 43.9 Å². The van der Waals surface area contributed by atoms with Crippen molar-refractivity contribution < 1.29 is 5.11 Å². The molecule has 2 N–H and O–H groups in total. The van der Waals surface area contributed by atoms with Gasteiger partial charge in [0.1, 0.15) is 5.75 Å². The molecule has 1 aromatic rings. The molecule has 0 radical (unpaired) electrons. The highest BCUT2D eigenvalue weighted by atomic mass is 16.3. The lowest BCUT2D eigenvalue weighted by Gasteiger charge is -2.38. The fourth-order valence-corrected chi connectivity index (χ4v) is 2.86. The quantitative estimate of drug-likeness (QED) is 0.887. The summed E-state index contributed by atoms with van der Waals surface area (Å²) in [5.41, 5.74) is 2.47. The molecule has 1 aromatic carbocycles. The van der Waals surface area contributed by atoms with Gasteiger partial charge in [-0.25, -0.2) is 0 Å². The number of aromatic hydroxyl groups is 1. The van der Waals surface area contributed by atoms with Gasteiger partial charge in [0.2, 0.25) is 0 Å². The van der Waals surface area contributed by atoms with Crippen LogP contribution in [0.4, 0.5) is 0 Å². The third-order valence-corrected chi connectivity index (χ3v) is 4.68. The van der Waals surface area contributed by atoms with Gasteiger partial charge in [-0.15, -0.1) is 0 Å². The fourth-order valence-electron chi connectivity index (χ4n) is 2.86. The number of aryl methyl sites for hydroxylation is 1. The molecule has 1 unspecified atom stereocenters. The van der Waals surface area contributed by atoms with Crippen LogP contribution in [0.15, 0.2) is 18.2 Å². The van der Waals surface area contributed by atoms with Gasteiger partial charge in [0.05, 0.1) is 0 Å². The van der Waals surface area contributed by atoms with E-state index >= 15 is 0 Å². The van der Waals surface area contributed by atoms with Crippen LogP contribution in [-0.4, -0.2) is 36.7 Å². The van der Waals surface area contributed by atoms with Crippen molar-refractivity contribution in [3.8, 4) is 5.75 Å². The Labute approximate surface area is 123 Å². The van der Waals surface area contributed by atoms with Gasteiger partial charge in [0, 0.05) is 18.2 Å². The van der Waals surface area contributed by atoms with Crippen molar-refractivity contribution in [2.24, 2.45) is 5.41 Å². The molecule has 1 saturated heterocycles. The lowest BCUT2D eigenvalue weighted by atomic mass is 9.80. The van der Waals surface area contributed by atoms with Crippen molar-refractivity contribution >= 4 is 0 Å². The number of hydrogen-bond donors (Lipinski definition) is 2. The van der Waals surface area contributed by atoms with Crippen molar-refractivity contribution in [1.29, 1.82) is 0 Å². The highest BCUT2D eigenvalue weighted by Crippen LogP contribution is 2.31. The Morgan fingerprint density at radius 3 is 2.60 bits per heavy atom. The molecule has 0 aromatic heterocycles. The maximum absolute atomic E-state index is 10.1. The predicted molar refractivity (Wildman–Crippen MR) is 84.1 cm³/mol. The number of hydrogen-bond acceptors (Lipinski definition) is 3. The molecule has 0 amide bonds. The second kappa shape index (κ2) is 6.15. The van der Waals surface area contributed by atoms with Crippen LogP contribution in [-0.2, 0) is 0 Å². The third kappa shape index (κ3) is 3.74. The van der Waals surface area contributed by atoms with Gasteiger partial charge < -0.3 is 15.3 Å². The minimum absolute atomic E-state index is 0.187. The summed E-state index contributed by atoms with van der Waals surface area (Å²) in [4.78, 5) is 2.40. The van der Waals surface area contributed by atoms with E-state index in [0.29, 0.717) is 11.2 Å². The minimum Gasteiger partial charge on any atom is -0.508 e. The van der Waals surface area contributed by atoms with E-state index in [4.69, 9.17) is 0 Å². The Hall–Kier alpha value is -1.06. The molecule has 1 atom stereocenters. The molecule has 0 saturated carbocycles. The molecule has 2 rings (SSSR count). The molecule has 20 heavy (non-hydrogen) atoms. The second-order valence-electron chi connectivity index (χ2n) is 6.78. The van der Waals surface area contributed by atoms with E-state index in [1.807, 2.05) is 19.1 Å². The fraction of sp³-hybridized carbons (Fsp3) is 0.647. The maximum Gasteiger partial charge on any atom is 0.120 e. The highest BCUT2D eigenvalue weighted by molar-refractivity contribution is 5.37. The van der Waals surface area contributed by atoms with Crippen molar-refractivity contribution in [3.05, 3.63) is 29.3 Å². The summed E-state index contributed by atoms with van der Waals surface area (Å²) in [5, 5.41) is 13.7. The standard InChI is InChI=1S/C17H28N2O/c1-13-5-6-15(16(20)11-13)14(2)18-12-17(3)7-9-19(4)10-8-17/h5-6,11,14,18,20H,7-10,12H2,1-4H3. The van der Waals surface area contributed by atoms with Crippen LogP contribution >= 0.6 is 0 Å². The third-order valence-electron chi connectivity index (χ3n) is 4.68. The van der Waals surface area contributed by atoms with Gasteiger partial charge in [0.15, 0.2) is 0 Å². The summed E-state index contributed by atoms with van der Waals surface area (Å²) >= 11 is 0. The van der Waals surface area contributed by atoms with Gasteiger partial charge in [-0.2, -0.15) is 0 Å². The minimum atomic E-state index is 0.187. The van der Waals surface area contributed by atoms with Gasteiger partial charge >= 0.3 is 0 Å². The normalized spacial score (nSPS) is 20.8. The van der Waals surface area contributed by atoms with Crippen molar-refractivity contribution in [3.63, 3.8) is 0 Å². The molecular weight excluding hydrogens is 248 g/mol. The average molecular weight is 276 g/mol. The topological polar surface area (TPSA) is 35.5 Å². The number of rotatable bonds is 4. The van der Waals surface area contributed by atoms with E-state index in [9.17, 15) is 5.11 Å². The molecule has 0 spiro atoms. The molecule has 1 heterocycles. The number of phenols is 1. The first-order valence-electron chi connectivity index (χ1n) is 7.61. The van der Waals surface area contributed by atoms with Crippen molar-refractivity contribution in [1.82, 2.24) is 10.2 Å². The molecule has 3 heteroatoms. The van der Waals surface area contributed by atoms with E-state index in [0.717, 1.165) is 17.7 Å². The molecule has 1 aliphatic heterocycles. The summed E-state index contributed by atoms with van der Waals surface area (Å²) in [7, 11) is 2.19. The summed E-state index contributed by atoms with van der Waals surface area (Å²) in [6.07, 6.45) is 2.48. The van der Waals surface area contributed by atoms with Crippen LogP contribution in [0.5, 0.6) is 5.75 Å². The Morgan fingerprint density at radius 2 is 2.00 bits per heavy atom. The summed E-state index contributed by atoms with van der Waals surface area (Å²) in [5.74, 6) is 0.401. The number of nitrogens with one attached hydrogen (secondary N) is 1. The zero-order valence-electron chi connectivity index (χ0n) is 13.2. The average Bonchev–Trinajstić information content (AvgIpc) is 2.40. The largest absolute Gasteiger partial charge is 0.508 e. The van der Waals surface area contributed by atoms with E-state index in [2.05, 4.69) is 37.2 Å². The van der Waals surface area contributed by atoms with Crippen LogP contribution in [0, 0.1) is 12.3 Å². The van der Waals surface area contributed by atoms with Gasteiger partial charge in [-0.1, -0.05) is 19.1 Å². The first kappa shape index (κ1) is 15.3. The molecule has 0 bridgehead atoms. The zero-order valence-corrected chi connectivity index (χ0v) is 13.2. The SMILES string of the molecule is Cc1ccc(C(C)NCC2(C)CCN(C)CC2)c(O)c1. The second-order valence-corrected chi connectivity index (χ2v) is 6.78. The van der Waals surface area contributed by atoms with E-state index in [-0.39, 0.29) is 6.04 Å². The lowest BCUT2D eigenvalue weighted by Crippen LogP contribution is -2.42. The van der Waals surface area contributed by atoms with Crippen molar-refractivity contribution in [2.75, 3.05) is 26.7 Å². The van der Waals surface area contributed by atoms with E-state index in [1.54, 1.807) is 0 Å². The number of likely N-dealkylation sites (tertiary alicyclic amines) is 1. The van der Waals surface area contributed by atoms with Crippen LogP contribution in [0.2, 0.25) is 0 Å². The smallest absolute Gasteiger partial charge is 0.120 e. The maximum atomic E-state index is 10.1. The molecule has 1 aliphatic rings. The Balaban J connectivity index is 1.93. The van der Waals surface area contributed by atoms with Crippen LogP contribution in [0.25, 0.3) is 0 Å². The monoisotopic (exact) mass is 276 g/mol. The predicted octanol–water partition coefficient (Wildman–Crippen LogP) is 3.08. The van der Waals surface area contributed by atoms with E-state index in [1.165, 1.54) is 25.9 Å². The number of phenolic OH excluding ortho intramolecular Hbond substituents is 1. The Morgan fingerprint density at radius 1 is 1.35 bits per heavy atom. The highest BCUT2D eigenvalue weighted by Gasteiger charge is 2.29. The van der Waals surface area contributed by atoms with E-state index < -0.39 is 0 Å². The Bertz CT molecular complexity index is 450. The zero-order chi connectivity index (χ0) is 14.8. The van der Waals surface area contributed by atoms with Crippen LogP contribution in [0.3, 0.4) is 0 Å². The first-order chi connectivity index (χ1) is 9.39. The number of piperidine rings is 1. The molecule has 3 nitrogen and oxygen atoms in total. The van der Waals surface area contributed by atoms with Gasteiger partial charge in [-0.3, -0.25) is 0 Å². The first-order valence-corrected chi connectivity index (χ1v) is 7.61. The lowest BCUT2D eigenvalue weighted by molar-refractivity contribution is 0.134. The molecular formula is C17H28N2O. The number of nitrogens with zero attached hydrogens (tertiary/aromatic N) is 1. The summed E-state index contributed by atoms with van der Waals surface area (Å²) in [6, 6.07) is 6.11. The van der Waals surface area contributed by atoms with Gasteiger partial charge in [0.25, 0.3) is 0 Å². The van der Waals surface area contributed by atoms with Crippen LogP contribution < -0.4 is 5.32 Å². The van der Waals surface area contributed by atoms with Crippen molar-refractivity contribution in [2.45, 2.75) is 39.7 Å². The number of benzene rings is 1. The van der Waals surface area contributed by atoms with Gasteiger partial charge in [-0.05, 0) is 63.9 Å². The summed E-state index contributed by atoms with van der Waals surface area (Å²) in [6.45, 7) is 9.87. The Kier molecular flexibility index (Phi) is 4.71. The molecule has 0 aliphatic carbocycles. The molecule has 1 fully saturated rings. The summed E-state index contributed by atoms with van der Waals surface area (Å²) < 4.78 is 0.